The maximum Gasteiger partial charge on any atom is 0.374 e. The van der Waals surface area contributed by atoms with Crippen molar-refractivity contribution < 1.29 is 19.1 Å². The predicted molar refractivity (Wildman–Crippen MR) is 73.6 cm³/mol. The van der Waals surface area contributed by atoms with E-state index in [1.54, 1.807) is 17.4 Å². The van der Waals surface area contributed by atoms with Crippen molar-refractivity contribution in [3.63, 3.8) is 0 Å². The maximum absolute atomic E-state index is 11.8. The SMILES string of the molecule is COC(=O)C(=O)CC(=O)c1cc(-c2cccs2)cs1. The number of carbonyl (C=O) groups is 3. The lowest BCUT2D eigenvalue weighted by Gasteiger charge is -1.96. The molecule has 2 heterocycles. The average Bonchev–Trinajstić information content (AvgIpc) is 3.07. The van der Waals surface area contributed by atoms with Crippen molar-refractivity contribution in [3.05, 3.63) is 33.8 Å². The monoisotopic (exact) mass is 294 g/mol. The van der Waals surface area contributed by atoms with E-state index in [1.165, 1.54) is 11.3 Å². The molecule has 4 nitrogen and oxygen atoms in total. The van der Waals surface area contributed by atoms with Crippen LogP contribution in [0.15, 0.2) is 29.0 Å². The number of rotatable bonds is 5. The molecule has 98 valence electrons. The molecule has 0 saturated heterocycles. The minimum absolute atomic E-state index is 0.358. The molecule has 0 unspecified atom stereocenters. The molecule has 6 heteroatoms. The van der Waals surface area contributed by atoms with Crippen LogP contribution in [0.5, 0.6) is 0 Å². The van der Waals surface area contributed by atoms with Gasteiger partial charge in [0.1, 0.15) is 0 Å². The summed E-state index contributed by atoms with van der Waals surface area (Å²) >= 11 is 2.85. The summed E-state index contributed by atoms with van der Waals surface area (Å²) in [7, 11) is 1.12. The third-order valence-electron chi connectivity index (χ3n) is 2.41. The van der Waals surface area contributed by atoms with Crippen LogP contribution < -0.4 is 0 Å². The van der Waals surface area contributed by atoms with Gasteiger partial charge in [0.05, 0.1) is 18.4 Å². The molecule has 2 rings (SSSR count). The second kappa shape index (κ2) is 5.90. The van der Waals surface area contributed by atoms with Gasteiger partial charge >= 0.3 is 5.97 Å². The Morgan fingerprint density at radius 2 is 2.05 bits per heavy atom. The maximum atomic E-state index is 11.8. The number of ketones is 2. The summed E-state index contributed by atoms with van der Waals surface area (Å²) in [5, 5.41) is 3.82. The molecule has 0 amide bonds. The van der Waals surface area contributed by atoms with Gasteiger partial charge in [0.15, 0.2) is 5.78 Å². The van der Waals surface area contributed by atoms with Crippen molar-refractivity contribution >= 4 is 40.2 Å². The summed E-state index contributed by atoms with van der Waals surface area (Å²) in [6, 6.07) is 5.63. The number of hydrogen-bond acceptors (Lipinski definition) is 6. The first-order valence-electron chi connectivity index (χ1n) is 5.38. The number of esters is 1. The van der Waals surface area contributed by atoms with E-state index in [1.807, 2.05) is 22.9 Å². The van der Waals surface area contributed by atoms with Crippen LogP contribution >= 0.6 is 22.7 Å². The topological polar surface area (TPSA) is 60.4 Å². The molecule has 0 bridgehead atoms. The van der Waals surface area contributed by atoms with Gasteiger partial charge in [-0.3, -0.25) is 9.59 Å². The fraction of sp³-hybridized carbons (Fsp3) is 0.154. The molecule has 0 fully saturated rings. The number of carbonyl (C=O) groups excluding carboxylic acids is 3. The summed E-state index contributed by atoms with van der Waals surface area (Å²) in [4.78, 5) is 35.6. The van der Waals surface area contributed by atoms with Crippen molar-refractivity contribution in [1.82, 2.24) is 0 Å². The second-order valence-corrected chi connectivity index (χ2v) is 5.55. The summed E-state index contributed by atoms with van der Waals surface area (Å²) in [6.45, 7) is 0. The molecule has 2 aromatic heterocycles. The summed E-state index contributed by atoms with van der Waals surface area (Å²) < 4.78 is 4.28. The van der Waals surface area contributed by atoms with E-state index in [4.69, 9.17) is 0 Å². The van der Waals surface area contributed by atoms with Crippen molar-refractivity contribution in [3.8, 4) is 10.4 Å². The molecule has 0 N–H and O–H groups in total. The van der Waals surface area contributed by atoms with E-state index in [0.29, 0.717) is 4.88 Å². The van der Waals surface area contributed by atoms with Crippen LogP contribution in [0.4, 0.5) is 0 Å². The molecular weight excluding hydrogens is 284 g/mol. The molecule has 0 aliphatic carbocycles. The van der Waals surface area contributed by atoms with Gasteiger partial charge in [0.2, 0.25) is 5.78 Å². The molecule has 0 aliphatic rings. The lowest BCUT2D eigenvalue weighted by atomic mass is 10.1. The van der Waals surface area contributed by atoms with E-state index in [0.717, 1.165) is 17.6 Å². The summed E-state index contributed by atoms with van der Waals surface area (Å²) in [6.07, 6.45) is -0.447. The molecular formula is C13H10O4S2. The van der Waals surface area contributed by atoms with E-state index in [2.05, 4.69) is 4.74 Å². The largest absolute Gasteiger partial charge is 0.463 e. The zero-order chi connectivity index (χ0) is 13.8. The predicted octanol–water partition coefficient (Wildman–Crippen LogP) is 2.79. The van der Waals surface area contributed by atoms with E-state index >= 15 is 0 Å². The third-order valence-corrected chi connectivity index (χ3v) is 4.30. The fourth-order valence-corrected chi connectivity index (χ4v) is 3.11. The van der Waals surface area contributed by atoms with Crippen LogP contribution in [-0.2, 0) is 14.3 Å². The highest BCUT2D eigenvalue weighted by atomic mass is 32.1. The van der Waals surface area contributed by atoms with Gasteiger partial charge in [-0.05, 0) is 17.5 Å². The highest BCUT2D eigenvalue weighted by Crippen LogP contribution is 2.29. The van der Waals surface area contributed by atoms with Gasteiger partial charge in [-0.25, -0.2) is 4.79 Å². The number of hydrogen-bond donors (Lipinski definition) is 0. The first-order valence-corrected chi connectivity index (χ1v) is 7.14. The van der Waals surface area contributed by atoms with Crippen molar-refractivity contribution in [2.45, 2.75) is 6.42 Å². The number of Topliss-reactive ketones (excluding diaryl/α,β-unsaturated/α-hetero) is 2. The Kier molecular flexibility index (Phi) is 4.24. The molecule has 0 radical (unpaired) electrons. The molecule has 0 atom stereocenters. The van der Waals surface area contributed by atoms with Crippen LogP contribution in [0.25, 0.3) is 10.4 Å². The molecule has 0 aliphatic heterocycles. The van der Waals surface area contributed by atoms with Crippen LogP contribution in [0, 0.1) is 0 Å². The first kappa shape index (κ1) is 13.6. The zero-order valence-corrected chi connectivity index (χ0v) is 11.7. The van der Waals surface area contributed by atoms with Gasteiger partial charge < -0.3 is 4.74 Å². The highest BCUT2D eigenvalue weighted by Gasteiger charge is 2.20. The lowest BCUT2D eigenvalue weighted by Crippen LogP contribution is -2.18. The molecule has 0 spiro atoms. The Labute approximate surface area is 117 Å². The minimum Gasteiger partial charge on any atom is -0.463 e. The number of thiophene rings is 2. The van der Waals surface area contributed by atoms with E-state index in [-0.39, 0.29) is 5.78 Å². The van der Waals surface area contributed by atoms with Crippen LogP contribution in [0.1, 0.15) is 16.1 Å². The Bertz CT molecular complexity index is 610. The van der Waals surface area contributed by atoms with Gasteiger partial charge in [0, 0.05) is 15.8 Å². The van der Waals surface area contributed by atoms with E-state index in [9.17, 15) is 14.4 Å². The quantitative estimate of drug-likeness (QED) is 0.368. The smallest absolute Gasteiger partial charge is 0.374 e. The minimum atomic E-state index is -0.983. The van der Waals surface area contributed by atoms with Gasteiger partial charge in [-0.15, -0.1) is 22.7 Å². The Balaban J connectivity index is 2.09. The summed E-state index contributed by atoms with van der Waals surface area (Å²) in [5.74, 6) is -2.16. The van der Waals surface area contributed by atoms with Gasteiger partial charge in [-0.1, -0.05) is 6.07 Å². The number of ether oxygens (including phenoxy) is 1. The molecule has 2 aromatic rings. The zero-order valence-electron chi connectivity index (χ0n) is 10.0. The molecule has 19 heavy (non-hydrogen) atoms. The van der Waals surface area contributed by atoms with Crippen molar-refractivity contribution in [1.29, 1.82) is 0 Å². The fourth-order valence-electron chi connectivity index (χ4n) is 1.47. The van der Waals surface area contributed by atoms with E-state index < -0.39 is 18.2 Å². The summed E-state index contributed by atoms with van der Waals surface area (Å²) in [5.41, 5.74) is 0.953. The average molecular weight is 294 g/mol. The van der Waals surface area contributed by atoms with Crippen LogP contribution in [-0.4, -0.2) is 24.6 Å². The molecule has 0 aromatic carbocycles. The Morgan fingerprint density at radius 1 is 1.26 bits per heavy atom. The van der Waals surface area contributed by atoms with Gasteiger partial charge in [0.25, 0.3) is 0 Å². The molecule has 0 saturated carbocycles. The van der Waals surface area contributed by atoms with Crippen LogP contribution in [0.2, 0.25) is 0 Å². The normalized spacial score (nSPS) is 10.2. The standard InChI is InChI=1S/C13H10O4S2/c1-17-13(16)10(15)6-9(14)12-5-8(7-19-12)11-3-2-4-18-11/h2-5,7H,6H2,1H3. The Hall–Kier alpha value is -1.79. The first-order chi connectivity index (χ1) is 9.11. The van der Waals surface area contributed by atoms with Crippen molar-refractivity contribution in [2.75, 3.05) is 7.11 Å². The number of methoxy groups -OCH3 is 1. The second-order valence-electron chi connectivity index (χ2n) is 3.69. The highest BCUT2D eigenvalue weighted by molar-refractivity contribution is 7.15. The lowest BCUT2D eigenvalue weighted by molar-refractivity contribution is -0.151. The van der Waals surface area contributed by atoms with Crippen molar-refractivity contribution in [2.24, 2.45) is 0 Å². The van der Waals surface area contributed by atoms with Gasteiger partial charge in [-0.2, -0.15) is 0 Å². The Morgan fingerprint density at radius 3 is 2.68 bits per heavy atom. The van der Waals surface area contributed by atoms with Crippen LogP contribution in [0.3, 0.4) is 0 Å². The third kappa shape index (κ3) is 3.15.